The number of halogens is 1. The summed E-state index contributed by atoms with van der Waals surface area (Å²) in [6.45, 7) is 0.818. The standard InChI is InChI=1S/C29H26FN3O4/c1-37-21-10-11-22-23(13-21)31-26-24(14-34)33(28(36)18-6-3-2-4-7-18)17-29(25(22)26)15-32(16-29)27(35)19-8-5-9-20(30)12-19/h2-13,24,31,34H,14-17H2,1H3/t24-/m1/s1. The summed E-state index contributed by atoms with van der Waals surface area (Å²) in [6.07, 6.45) is 0. The van der Waals surface area contributed by atoms with Crippen LogP contribution in [0.1, 0.15) is 38.0 Å². The van der Waals surface area contributed by atoms with E-state index < -0.39 is 17.3 Å². The number of benzene rings is 3. The van der Waals surface area contributed by atoms with E-state index >= 15 is 0 Å². The molecule has 0 aliphatic carbocycles. The van der Waals surface area contributed by atoms with E-state index in [-0.39, 0.29) is 18.4 Å². The third-order valence-electron chi connectivity index (χ3n) is 7.55. The van der Waals surface area contributed by atoms with E-state index in [1.165, 1.54) is 18.2 Å². The number of amides is 2. The van der Waals surface area contributed by atoms with Gasteiger partial charge >= 0.3 is 0 Å². The molecule has 1 saturated heterocycles. The van der Waals surface area contributed by atoms with Crippen LogP contribution < -0.4 is 4.74 Å². The number of hydrogen-bond donors (Lipinski definition) is 2. The number of methoxy groups -OCH3 is 1. The molecule has 3 aromatic carbocycles. The number of aliphatic hydroxyl groups is 1. The van der Waals surface area contributed by atoms with Crippen molar-refractivity contribution in [1.29, 1.82) is 0 Å². The molecule has 1 atom stereocenters. The summed E-state index contributed by atoms with van der Waals surface area (Å²) in [5.74, 6) is -0.208. The van der Waals surface area contributed by atoms with Crippen LogP contribution in [-0.2, 0) is 5.41 Å². The molecule has 2 aliphatic rings. The van der Waals surface area contributed by atoms with Gasteiger partial charge in [0.1, 0.15) is 11.6 Å². The van der Waals surface area contributed by atoms with E-state index in [4.69, 9.17) is 4.74 Å². The lowest BCUT2D eigenvalue weighted by atomic mass is 9.68. The Balaban J connectivity index is 1.44. The van der Waals surface area contributed by atoms with Crippen molar-refractivity contribution in [2.75, 3.05) is 33.4 Å². The molecule has 1 fully saturated rings. The first-order valence-electron chi connectivity index (χ1n) is 12.2. The second-order valence-electron chi connectivity index (χ2n) is 9.77. The number of aliphatic hydroxyl groups excluding tert-OH is 1. The molecule has 2 amide bonds. The van der Waals surface area contributed by atoms with Crippen LogP contribution in [0.2, 0.25) is 0 Å². The number of ether oxygens (including phenoxy) is 1. The quantitative estimate of drug-likeness (QED) is 0.446. The number of hydrogen-bond acceptors (Lipinski definition) is 4. The topological polar surface area (TPSA) is 85.9 Å². The van der Waals surface area contributed by atoms with Gasteiger partial charge in [0.05, 0.1) is 25.2 Å². The van der Waals surface area contributed by atoms with Crippen molar-refractivity contribution < 1.29 is 23.8 Å². The van der Waals surface area contributed by atoms with Gasteiger partial charge < -0.3 is 24.6 Å². The van der Waals surface area contributed by atoms with E-state index in [2.05, 4.69) is 4.98 Å². The number of aromatic nitrogens is 1. The average Bonchev–Trinajstić information content (AvgIpc) is 3.29. The molecule has 2 aliphatic heterocycles. The first-order chi connectivity index (χ1) is 17.9. The molecule has 0 bridgehead atoms. The second kappa shape index (κ2) is 8.74. The molecule has 6 rings (SSSR count). The minimum absolute atomic E-state index is 0.184. The molecule has 0 radical (unpaired) electrons. The SMILES string of the molecule is COc1ccc2c3c([nH]c2c1)[C@@H](CO)N(C(=O)c1ccccc1)CC31CN(C(=O)c2cccc(F)c2)C1. The van der Waals surface area contributed by atoms with Gasteiger partial charge in [0.15, 0.2) is 0 Å². The van der Waals surface area contributed by atoms with Gasteiger partial charge in [-0.15, -0.1) is 0 Å². The Kier molecular flexibility index (Phi) is 5.49. The largest absolute Gasteiger partial charge is 0.497 e. The van der Waals surface area contributed by atoms with Crippen molar-refractivity contribution >= 4 is 22.7 Å². The van der Waals surface area contributed by atoms with Gasteiger partial charge in [0, 0.05) is 53.4 Å². The fourth-order valence-electron chi connectivity index (χ4n) is 5.86. The van der Waals surface area contributed by atoms with E-state index in [1.807, 2.05) is 36.4 Å². The summed E-state index contributed by atoms with van der Waals surface area (Å²) in [5, 5.41) is 11.4. The molecule has 4 aromatic rings. The van der Waals surface area contributed by atoms with Gasteiger partial charge in [-0.3, -0.25) is 9.59 Å². The van der Waals surface area contributed by atoms with Gasteiger partial charge in [-0.2, -0.15) is 0 Å². The number of H-pyrrole nitrogens is 1. The molecular formula is C29H26FN3O4. The number of fused-ring (bicyclic) bond motifs is 4. The summed E-state index contributed by atoms with van der Waals surface area (Å²) < 4.78 is 19.2. The Morgan fingerprint density at radius 3 is 2.46 bits per heavy atom. The third-order valence-corrected chi connectivity index (χ3v) is 7.55. The van der Waals surface area contributed by atoms with Crippen molar-refractivity contribution in [3.8, 4) is 5.75 Å². The minimum atomic E-state index is -0.570. The summed E-state index contributed by atoms with van der Waals surface area (Å²) in [5.41, 5.74) is 2.89. The molecular weight excluding hydrogens is 473 g/mol. The predicted octanol–water partition coefficient (Wildman–Crippen LogP) is 3.90. The highest BCUT2D eigenvalue weighted by Gasteiger charge is 2.55. The molecule has 0 saturated carbocycles. The Bertz CT molecular complexity index is 1510. The maximum Gasteiger partial charge on any atom is 0.254 e. The van der Waals surface area contributed by atoms with Crippen LogP contribution in [0.5, 0.6) is 5.75 Å². The number of nitrogens with zero attached hydrogens (tertiary/aromatic N) is 2. The lowest BCUT2D eigenvalue weighted by Gasteiger charge is -2.56. The predicted molar refractivity (Wildman–Crippen MR) is 136 cm³/mol. The van der Waals surface area contributed by atoms with E-state index in [0.29, 0.717) is 36.5 Å². The number of rotatable bonds is 4. The van der Waals surface area contributed by atoms with Crippen molar-refractivity contribution in [3.05, 3.63) is 101 Å². The van der Waals surface area contributed by atoms with Crippen molar-refractivity contribution in [1.82, 2.24) is 14.8 Å². The van der Waals surface area contributed by atoms with Crippen LogP contribution in [0.4, 0.5) is 4.39 Å². The molecule has 0 unspecified atom stereocenters. The Hall–Kier alpha value is -4.17. The Morgan fingerprint density at radius 1 is 1.00 bits per heavy atom. The van der Waals surface area contributed by atoms with Crippen LogP contribution in [0.15, 0.2) is 72.8 Å². The minimum Gasteiger partial charge on any atom is -0.497 e. The fraction of sp³-hybridized carbons (Fsp3) is 0.241. The molecule has 188 valence electrons. The first kappa shape index (κ1) is 23.2. The zero-order valence-corrected chi connectivity index (χ0v) is 20.3. The van der Waals surface area contributed by atoms with Gasteiger partial charge in [-0.05, 0) is 48.0 Å². The van der Waals surface area contributed by atoms with Crippen LogP contribution >= 0.6 is 0 Å². The van der Waals surface area contributed by atoms with E-state index in [0.717, 1.165) is 22.2 Å². The fourth-order valence-corrected chi connectivity index (χ4v) is 5.86. The molecule has 8 heteroatoms. The second-order valence-corrected chi connectivity index (χ2v) is 9.77. The molecule has 7 nitrogen and oxygen atoms in total. The van der Waals surface area contributed by atoms with Crippen molar-refractivity contribution in [2.45, 2.75) is 11.5 Å². The summed E-state index contributed by atoms with van der Waals surface area (Å²) in [6, 6.07) is 19.9. The maximum absolute atomic E-state index is 13.8. The average molecular weight is 500 g/mol. The molecule has 37 heavy (non-hydrogen) atoms. The van der Waals surface area contributed by atoms with Crippen molar-refractivity contribution in [2.24, 2.45) is 0 Å². The summed E-state index contributed by atoms with van der Waals surface area (Å²) in [4.78, 5) is 33.7. The first-order valence-corrected chi connectivity index (χ1v) is 12.2. The van der Waals surface area contributed by atoms with Gasteiger partial charge in [-0.25, -0.2) is 4.39 Å². The van der Waals surface area contributed by atoms with E-state index in [1.54, 1.807) is 35.1 Å². The zero-order valence-electron chi connectivity index (χ0n) is 20.3. The van der Waals surface area contributed by atoms with Crippen LogP contribution in [0, 0.1) is 5.82 Å². The highest BCUT2D eigenvalue weighted by atomic mass is 19.1. The number of nitrogens with one attached hydrogen (secondary N) is 1. The lowest BCUT2D eigenvalue weighted by molar-refractivity contribution is 0.00304. The molecule has 2 N–H and O–H groups in total. The summed E-state index contributed by atoms with van der Waals surface area (Å²) in [7, 11) is 1.60. The summed E-state index contributed by atoms with van der Waals surface area (Å²) >= 11 is 0. The number of carbonyl (C=O) groups excluding carboxylic acids is 2. The molecule has 3 heterocycles. The van der Waals surface area contributed by atoms with Crippen LogP contribution in [0.25, 0.3) is 10.9 Å². The normalized spacial score (nSPS) is 18.0. The number of aromatic amines is 1. The highest BCUT2D eigenvalue weighted by molar-refractivity contribution is 5.97. The Labute approximate surface area is 213 Å². The lowest BCUT2D eigenvalue weighted by Crippen LogP contribution is -2.68. The highest BCUT2D eigenvalue weighted by Crippen LogP contribution is 2.49. The molecule has 1 spiro atoms. The van der Waals surface area contributed by atoms with Crippen molar-refractivity contribution in [3.63, 3.8) is 0 Å². The third kappa shape index (κ3) is 3.67. The van der Waals surface area contributed by atoms with E-state index in [9.17, 15) is 19.1 Å². The van der Waals surface area contributed by atoms with Gasteiger partial charge in [0.2, 0.25) is 0 Å². The van der Waals surface area contributed by atoms with Crippen LogP contribution in [-0.4, -0.2) is 65.1 Å². The zero-order chi connectivity index (χ0) is 25.7. The molecule has 1 aromatic heterocycles. The van der Waals surface area contributed by atoms with Gasteiger partial charge in [0.25, 0.3) is 11.8 Å². The smallest absolute Gasteiger partial charge is 0.254 e. The Morgan fingerprint density at radius 2 is 1.76 bits per heavy atom. The number of likely N-dealkylation sites (tertiary alicyclic amines) is 1. The monoisotopic (exact) mass is 499 g/mol. The number of carbonyl (C=O) groups is 2. The maximum atomic E-state index is 13.8. The van der Waals surface area contributed by atoms with Gasteiger partial charge in [-0.1, -0.05) is 24.3 Å². The van der Waals surface area contributed by atoms with Crippen LogP contribution in [0.3, 0.4) is 0 Å².